The number of carbonyl (C=O) groups is 1. The molecule has 2 heterocycles. The van der Waals surface area contributed by atoms with Gasteiger partial charge in [-0.25, -0.2) is 9.97 Å². The van der Waals surface area contributed by atoms with Gasteiger partial charge in [0.25, 0.3) is 0 Å². The fraction of sp³-hybridized carbons (Fsp3) is 0.536. The van der Waals surface area contributed by atoms with E-state index >= 15 is 0 Å². The van der Waals surface area contributed by atoms with Gasteiger partial charge in [0, 0.05) is 17.2 Å². The number of rotatable bonds is 6. The highest BCUT2D eigenvalue weighted by Crippen LogP contribution is 2.36. The largest absolute Gasteiger partial charge is 0.493 e. The lowest BCUT2D eigenvalue weighted by Gasteiger charge is -2.20. The number of hydrogen-bond donors (Lipinski definition) is 1. The number of H-pyrrole nitrogens is 1. The van der Waals surface area contributed by atoms with Crippen molar-refractivity contribution in [3.63, 3.8) is 0 Å². The predicted octanol–water partition coefficient (Wildman–Crippen LogP) is 8.04. The number of nitrogens with zero attached hydrogens (tertiary/aromatic N) is 2. The first-order chi connectivity index (χ1) is 16.2. The molecule has 0 saturated heterocycles. The molecule has 1 N–H and O–H groups in total. The fourth-order valence-electron chi connectivity index (χ4n) is 3.03. The number of nitrogens with one attached hydrogen (secondary N) is 1. The van der Waals surface area contributed by atoms with Crippen LogP contribution in [0, 0.1) is 12.3 Å². The van der Waals surface area contributed by atoms with Crippen LogP contribution in [0.25, 0.3) is 22.4 Å². The average Bonchev–Trinajstić information content (AvgIpc) is 3.29. The fourth-order valence-corrected chi connectivity index (χ4v) is 3.03. The van der Waals surface area contributed by atoms with Crippen LogP contribution in [0.2, 0.25) is 0 Å². The molecular weight excluding hydrogens is 426 g/mol. The first-order valence-electron chi connectivity index (χ1n) is 12.4. The molecule has 0 atom stereocenters. The molecule has 0 amide bonds. The minimum absolute atomic E-state index is 0.0613. The van der Waals surface area contributed by atoms with E-state index in [0.717, 1.165) is 17.5 Å². The number of Topliss-reactive ketones (excluding diaryl/α,β-unsaturated/α-hetero) is 1. The number of carbonyl (C=O) groups excluding carboxylic acids is 1. The maximum atomic E-state index is 12.9. The number of fused-ring (bicyclic) bond motifs is 1. The van der Waals surface area contributed by atoms with E-state index in [1.807, 2.05) is 67.5 Å². The summed E-state index contributed by atoms with van der Waals surface area (Å²) in [4.78, 5) is 25.2. The van der Waals surface area contributed by atoms with E-state index in [1.54, 1.807) is 26.6 Å². The van der Waals surface area contributed by atoms with Crippen molar-refractivity contribution < 1.29 is 14.3 Å². The topological polar surface area (TPSA) is 77.1 Å². The number of aromatic nitrogens is 3. The molecule has 190 valence electrons. The molecule has 0 saturated carbocycles. The average molecular weight is 472 g/mol. The summed E-state index contributed by atoms with van der Waals surface area (Å²) in [5.41, 5.74) is 3.78. The van der Waals surface area contributed by atoms with E-state index in [0.29, 0.717) is 33.9 Å². The number of hydrogen-bond acceptors (Lipinski definition) is 5. The molecule has 6 nitrogen and oxygen atoms in total. The molecule has 6 heteroatoms. The lowest BCUT2D eigenvalue weighted by atomic mass is 9.82. The molecule has 0 fully saturated rings. The van der Waals surface area contributed by atoms with Crippen LogP contribution in [0.1, 0.15) is 91.1 Å². The minimum Gasteiger partial charge on any atom is -0.493 e. The van der Waals surface area contributed by atoms with E-state index < -0.39 is 5.41 Å². The van der Waals surface area contributed by atoms with Gasteiger partial charge in [-0.05, 0) is 31.0 Å². The zero-order valence-electron chi connectivity index (χ0n) is 23.3. The maximum Gasteiger partial charge on any atom is 0.172 e. The van der Waals surface area contributed by atoms with Crippen molar-refractivity contribution in [3.8, 4) is 22.8 Å². The van der Waals surface area contributed by atoms with E-state index in [1.165, 1.54) is 6.42 Å². The molecule has 0 spiro atoms. The Bertz CT molecular complexity index is 1020. The van der Waals surface area contributed by atoms with Gasteiger partial charge < -0.3 is 14.5 Å². The van der Waals surface area contributed by atoms with Crippen molar-refractivity contribution in [3.05, 3.63) is 35.7 Å². The van der Waals surface area contributed by atoms with Crippen LogP contribution >= 0.6 is 0 Å². The summed E-state index contributed by atoms with van der Waals surface area (Å²) in [6, 6.07) is 3.84. The summed E-state index contributed by atoms with van der Waals surface area (Å²) in [6.07, 6.45) is 5.40. The summed E-state index contributed by atoms with van der Waals surface area (Å²) in [5.74, 6) is 1.38. The van der Waals surface area contributed by atoms with Crippen molar-refractivity contribution in [2.45, 2.75) is 82.1 Å². The van der Waals surface area contributed by atoms with Crippen LogP contribution in [0.15, 0.2) is 24.5 Å². The maximum absolute atomic E-state index is 12.9. The number of benzene rings is 1. The van der Waals surface area contributed by atoms with Gasteiger partial charge in [-0.1, -0.05) is 68.7 Å². The first-order valence-corrected chi connectivity index (χ1v) is 12.4. The standard InChI is InChI=1S/C21H25N3O3.C3H8.2C2H6/c1-7-21(3,4)19(25)14-10-22-20-17(14)24-15(11-23-20)13-8-12(2)18(27-6)16(9-13)26-5;1-3-2;2*1-2/h8-11H,7H2,1-6H3,(H,22,23);3H2,1-2H3;2*1-2H3. The van der Waals surface area contributed by atoms with E-state index in [9.17, 15) is 4.79 Å². The number of ketones is 1. The molecular formula is C28H45N3O3. The summed E-state index contributed by atoms with van der Waals surface area (Å²) >= 11 is 0. The Balaban J connectivity index is 0.00000141. The van der Waals surface area contributed by atoms with Crippen molar-refractivity contribution in [1.82, 2.24) is 15.0 Å². The molecule has 0 bridgehead atoms. The second-order valence-corrected chi connectivity index (χ2v) is 7.96. The van der Waals surface area contributed by atoms with E-state index in [-0.39, 0.29) is 5.78 Å². The van der Waals surface area contributed by atoms with Gasteiger partial charge in [0.2, 0.25) is 0 Å². The lowest BCUT2D eigenvalue weighted by molar-refractivity contribution is 0.0834. The normalized spacial score (nSPS) is 10.1. The highest BCUT2D eigenvalue weighted by atomic mass is 16.5. The van der Waals surface area contributed by atoms with Gasteiger partial charge in [-0.3, -0.25) is 4.79 Å². The van der Waals surface area contributed by atoms with Gasteiger partial charge in [-0.15, -0.1) is 0 Å². The summed E-state index contributed by atoms with van der Waals surface area (Å²) in [5, 5.41) is 0. The van der Waals surface area contributed by atoms with Crippen LogP contribution in [0.5, 0.6) is 11.5 Å². The Morgan fingerprint density at radius 1 is 1.03 bits per heavy atom. The Labute approximate surface area is 206 Å². The first kappa shape index (κ1) is 31.1. The molecule has 0 aliphatic carbocycles. The number of aromatic amines is 1. The lowest BCUT2D eigenvalue weighted by Crippen LogP contribution is -2.23. The highest BCUT2D eigenvalue weighted by Gasteiger charge is 2.29. The molecule has 2 aromatic heterocycles. The minimum atomic E-state index is -0.452. The Kier molecular flexibility index (Phi) is 13.8. The summed E-state index contributed by atoms with van der Waals surface area (Å²) in [6.45, 7) is 20.1. The molecule has 1 aromatic carbocycles. The third kappa shape index (κ3) is 7.31. The summed E-state index contributed by atoms with van der Waals surface area (Å²) < 4.78 is 10.8. The van der Waals surface area contributed by atoms with Crippen LogP contribution in [0.4, 0.5) is 0 Å². The van der Waals surface area contributed by atoms with Crippen LogP contribution in [-0.4, -0.2) is 35.0 Å². The van der Waals surface area contributed by atoms with Gasteiger partial charge in [-0.2, -0.15) is 0 Å². The van der Waals surface area contributed by atoms with Crippen molar-refractivity contribution in [2.75, 3.05) is 14.2 Å². The zero-order chi connectivity index (χ0) is 26.5. The van der Waals surface area contributed by atoms with Gasteiger partial charge in [0.05, 0.1) is 31.7 Å². The van der Waals surface area contributed by atoms with Crippen LogP contribution < -0.4 is 9.47 Å². The molecule has 3 rings (SSSR count). The SMILES string of the molecule is CC.CC.CCC.CCC(C)(C)C(=O)c1c[nH]c2ncc(-c3cc(C)c(OC)c(OC)c3)nc12. The van der Waals surface area contributed by atoms with E-state index in [2.05, 4.69) is 23.8 Å². The third-order valence-electron chi connectivity index (χ3n) is 5.08. The molecule has 34 heavy (non-hydrogen) atoms. The number of methoxy groups -OCH3 is 2. The van der Waals surface area contributed by atoms with Crippen molar-refractivity contribution in [1.29, 1.82) is 0 Å². The number of aryl methyl sites for hydroxylation is 1. The predicted molar refractivity (Wildman–Crippen MR) is 144 cm³/mol. The Morgan fingerprint density at radius 2 is 1.62 bits per heavy atom. The van der Waals surface area contributed by atoms with Crippen molar-refractivity contribution in [2.24, 2.45) is 5.41 Å². The quantitative estimate of drug-likeness (QED) is 0.368. The van der Waals surface area contributed by atoms with Gasteiger partial charge in [0.1, 0.15) is 5.52 Å². The Morgan fingerprint density at radius 3 is 2.12 bits per heavy atom. The third-order valence-corrected chi connectivity index (χ3v) is 5.08. The molecule has 0 aliphatic rings. The van der Waals surface area contributed by atoms with Gasteiger partial charge in [0.15, 0.2) is 22.9 Å². The van der Waals surface area contributed by atoms with Crippen LogP contribution in [-0.2, 0) is 0 Å². The van der Waals surface area contributed by atoms with Crippen molar-refractivity contribution >= 4 is 16.9 Å². The Hall–Kier alpha value is -2.89. The molecule has 3 aromatic rings. The highest BCUT2D eigenvalue weighted by molar-refractivity contribution is 6.08. The van der Waals surface area contributed by atoms with E-state index in [4.69, 9.17) is 14.5 Å². The second-order valence-electron chi connectivity index (χ2n) is 7.96. The smallest absolute Gasteiger partial charge is 0.172 e. The summed E-state index contributed by atoms with van der Waals surface area (Å²) in [7, 11) is 3.22. The monoisotopic (exact) mass is 471 g/mol. The van der Waals surface area contributed by atoms with Gasteiger partial charge >= 0.3 is 0 Å². The molecule has 0 radical (unpaired) electrons. The second kappa shape index (κ2) is 15.1. The molecule has 0 aliphatic heterocycles. The zero-order valence-corrected chi connectivity index (χ0v) is 23.3. The number of ether oxygens (including phenoxy) is 2. The van der Waals surface area contributed by atoms with Crippen LogP contribution in [0.3, 0.4) is 0 Å². The molecule has 0 unspecified atom stereocenters.